The highest BCUT2D eigenvalue weighted by Gasteiger charge is 2.32. The summed E-state index contributed by atoms with van der Waals surface area (Å²) in [4.78, 5) is 21.0. The number of anilines is 1. The van der Waals surface area contributed by atoms with E-state index in [1.807, 2.05) is 6.92 Å². The van der Waals surface area contributed by atoms with Crippen LogP contribution < -0.4 is 11.1 Å². The first-order valence-electron chi connectivity index (χ1n) is 8.99. The third-order valence-electron chi connectivity index (χ3n) is 4.81. The molecule has 0 saturated heterocycles. The first kappa shape index (κ1) is 19.1. The number of carbonyl (C=O) groups excluding carboxylic acids is 1. The molecule has 29 heavy (non-hydrogen) atoms. The van der Waals surface area contributed by atoms with Crippen molar-refractivity contribution in [2.45, 2.75) is 18.9 Å². The van der Waals surface area contributed by atoms with Crippen LogP contribution in [0.5, 0.6) is 0 Å². The van der Waals surface area contributed by atoms with Gasteiger partial charge in [-0.1, -0.05) is 11.8 Å². The van der Waals surface area contributed by atoms with E-state index in [0.29, 0.717) is 28.4 Å². The minimum Gasteiger partial charge on any atom is -0.379 e. The Hall–Kier alpha value is -3.20. The van der Waals surface area contributed by atoms with Gasteiger partial charge < -0.3 is 11.1 Å². The number of amides is 1. The Bertz CT molecular complexity index is 1070. The van der Waals surface area contributed by atoms with Crippen molar-refractivity contribution in [3.8, 4) is 5.69 Å². The molecule has 3 N–H and O–H groups in total. The molecule has 0 saturated carbocycles. The molecule has 0 bridgehead atoms. The van der Waals surface area contributed by atoms with E-state index in [4.69, 9.17) is 5.73 Å². The number of aromatic nitrogens is 3. The van der Waals surface area contributed by atoms with Gasteiger partial charge in [0.05, 0.1) is 11.2 Å². The lowest BCUT2D eigenvalue weighted by molar-refractivity contribution is 0.102. The summed E-state index contributed by atoms with van der Waals surface area (Å²) in [5, 5.41) is 7.32. The predicted octanol–water partition coefficient (Wildman–Crippen LogP) is 3.33. The van der Waals surface area contributed by atoms with Gasteiger partial charge in [0.25, 0.3) is 5.91 Å². The molecule has 2 aromatic carbocycles. The van der Waals surface area contributed by atoms with E-state index in [2.05, 4.69) is 20.4 Å². The zero-order valence-electron chi connectivity index (χ0n) is 15.7. The van der Waals surface area contributed by atoms with Gasteiger partial charge >= 0.3 is 0 Å². The van der Waals surface area contributed by atoms with Crippen LogP contribution in [0.4, 0.5) is 10.1 Å². The fraction of sp³-hybridized carbons (Fsp3) is 0.200. The minimum atomic E-state index is -0.750. The smallest absolute Gasteiger partial charge is 0.255 e. The molecule has 1 aliphatic rings. The fourth-order valence-corrected chi connectivity index (χ4v) is 4.18. The molecule has 9 heteroatoms. The largest absolute Gasteiger partial charge is 0.379 e. The quantitative estimate of drug-likeness (QED) is 0.688. The molecule has 1 aromatic heterocycles. The number of amidine groups is 1. The number of carbonyl (C=O) groups is 1. The van der Waals surface area contributed by atoms with Crippen LogP contribution in [0.25, 0.3) is 5.69 Å². The third kappa shape index (κ3) is 4.00. The second-order valence-corrected chi connectivity index (χ2v) is 7.97. The Labute approximate surface area is 171 Å². The van der Waals surface area contributed by atoms with E-state index in [-0.39, 0.29) is 11.7 Å². The van der Waals surface area contributed by atoms with E-state index >= 15 is 0 Å². The van der Waals surface area contributed by atoms with Crippen LogP contribution in [0.1, 0.15) is 29.3 Å². The Morgan fingerprint density at radius 2 is 2.07 bits per heavy atom. The molecule has 0 spiro atoms. The van der Waals surface area contributed by atoms with Gasteiger partial charge in [-0.15, -0.1) is 0 Å². The normalized spacial score (nSPS) is 18.9. The third-order valence-corrected chi connectivity index (χ3v) is 5.61. The maximum atomic E-state index is 14.5. The number of aliphatic imine (C=N–C) groups is 1. The second-order valence-electron chi connectivity index (χ2n) is 6.86. The van der Waals surface area contributed by atoms with Crippen molar-refractivity contribution < 1.29 is 9.18 Å². The van der Waals surface area contributed by atoms with Gasteiger partial charge in [0.15, 0.2) is 5.17 Å². The summed E-state index contributed by atoms with van der Waals surface area (Å²) in [7, 11) is 0. The molecule has 1 aliphatic heterocycles. The number of nitrogens with zero attached hydrogens (tertiary/aromatic N) is 4. The van der Waals surface area contributed by atoms with Gasteiger partial charge in [0, 0.05) is 22.6 Å². The molecule has 3 aromatic rings. The van der Waals surface area contributed by atoms with Crippen molar-refractivity contribution in [2.24, 2.45) is 10.7 Å². The van der Waals surface area contributed by atoms with Crippen molar-refractivity contribution >= 4 is 28.5 Å². The Kier molecular flexibility index (Phi) is 5.06. The molecule has 7 nitrogen and oxygen atoms in total. The molecule has 4 rings (SSSR count). The van der Waals surface area contributed by atoms with Gasteiger partial charge in [-0.25, -0.2) is 14.1 Å². The van der Waals surface area contributed by atoms with Crippen LogP contribution in [0.2, 0.25) is 0 Å². The standard InChI is InChI=1S/C20H19FN6OS/c1-20(8-9-29-19(22)26-20)16-10-14(4-7-17(16)21)25-18(28)13-2-5-15(6-3-13)27-12-23-11-24-27/h2-7,10-12H,8-9H2,1H3,(H2,22,26)(H,25,28). The molecule has 1 amide bonds. The average molecular weight is 410 g/mol. The minimum absolute atomic E-state index is 0.292. The van der Waals surface area contributed by atoms with Crippen molar-refractivity contribution in [2.75, 3.05) is 11.1 Å². The Morgan fingerprint density at radius 1 is 1.28 bits per heavy atom. The molecule has 0 aliphatic carbocycles. The lowest BCUT2D eigenvalue weighted by atomic mass is 9.89. The molecule has 148 valence electrons. The van der Waals surface area contributed by atoms with Gasteiger partial charge in [-0.2, -0.15) is 5.10 Å². The van der Waals surface area contributed by atoms with Crippen LogP contribution in [-0.2, 0) is 5.54 Å². The number of nitrogens with one attached hydrogen (secondary N) is 1. The summed E-state index contributed by atoms with van der Waals surface area (Å²) >= 11 is 1.46. The van der Waals surface area contributed by atoms with Crippen LogP contribution in [0.15, 0.2) is 60.1 Å². The van der Waals surface area contributed by atoms with Gasteiger partial charge in [0.1, 0.15) is 18.5 Å². The molecule has 0 fully saturated rings. The zero-order valence-corrected chi connectivity index (χ0v) is 16.5. The highest BCUT2D eigenvalue weighted by Crippen LogP contribution is 2.37. The molecule has 1 atom stereocenters. The lowest BCUT2D eigenvalue weighted by Gasteiger charge is -2.30. The molecule has 0 radical (unpaired) electrons. The zero-order chi connectivity index (χ0) is 20.4. The van der Waals surface area contributed by atoms with Gasteiger partial charge in [-0.05, 0) is 55.8 Å². The van der Waals surface area contributed by atoms with Crippen molar-refractivity contribution in [1.82, 2.24) is 14.8 Å². The fourth-order valence-electron chi connectivity index (χ4n) is 3.21. The summed E-state index contributed by atoms with van der Waals surface area (Å²) in [6.07, 6.45) is 3.68. The van der Waals surface area contributed by atoms with E-state index < -0.39 is 5.54 Å². The molecule has 2 heterocycles. The predicted molar refractivity (Wildman–Crippen MR) is 112 cm³/mol. The SMILES string of the molecule is CC1(c2cc(NC(=O)c3ccc(-n4cncn4)cc3)ccc2F)CCSC(N)=N1. The van der Waals surface area contributed by atoms with Crippen molar-refractivity contribution in [3.63, 3.8) is 0 Å². The van der Waals surface area contributed by atoms with Crippen molar-refractivity contribution in [1.29, 1.82) is 0 Å². The van der Waals surface area contributed by atoms with Crippen LogP contribution in [0, 0.1) is 5.82 Å². The molecule has 1 unspecified atom stereocenters. The van der Waals surface area contributed by atoms with Gasteiger partial charge in [-0.3, -0.25) is 9.79 Å². The molecular formula is C20H19FN6OS. The number of thioether (sulfide) groups is 1. The summed E-state index contributed by atoms with van der Waals surface area (Å²) in [6.45, 7) is 1.85. The number of hydrogen-bond donors (Lipinski definition) is 2. The lowest BCUT2D eigenvalue weighted by Crippen LogP contribution is -2.29. The van der Waals surface area contributed by atoms with E-state index in [0.717, 1.165) is 11.4 Å². The number of benzene rings is 2. The highest BCUT2D eigenvalue weighted by molar-refractivity contribution is 8.13. The van der Waals surface area contributed by atoms with Crippen molar-refractivity contribution in [3.05, 3.63) is 72.1 Å². The molecular weight excluding hydrogens is 391 g/mol. The monoisotopic (exact) mass is 410 g/mol. The van der Waals surface area contributed by atoms with Crippen LogP contribution >= 0.6 is 11.8 Å². The summed E-state index contributed by atoms with van der Waals surface area (Å²) < 4.78 is 16.1. The van der Waals surface area contributed by atoms with Gasteiger partial charge in [0.2, 0.25) is 0 Å². The Balaban J connectivity index is 1.55. The van der Waals surface area contributed by atoms with E-state index in [1.165, 1.54) is 30.2 Å². The summed E-state index contributed by atoms with van der Waals surface area (Å²) in [5.74, 6) is 0.103. The number of nitrogens with two attached hydrogens (primary N) is 1. The topological polar surface area (TPSA) is 98.2 Å². The maximum absolute atomic E-state index is 14.5. The summed E-state index contributed by atoms with van der Waals surface area (Å²) in [6, 6.07) is 11.5. The maximum Gasteiger partial charge on any atom is 0.255 e. The highest BCUT2D eigenvalue weighted by atomic mass is 32.2. The van der Waals surface area contributed by atoms with Crippen LogP contribution in [-0.4, -0.2) is 31.6 Å². The number of halogens is 1. The van der Waals surface area contributed by atoms with E-state index in [1.54, 1.807) is 41.3 Å². The summed E-state index contributed by atoms with van der Waals surface area (Å²) in [5.41, 5.74) is 7.28. The number of rotatable bonds is 4. The second kappa shape index (κ2) is 7.67. The Morgan fingerprint density at radius 3 is 2.76 bits per heavy atom. The number of hydrogen-bond acceptors (Lipinski definition) is 6. The first-order chi connectivity index (χ1) is 13.9. The van der Waals surface area contributed by atoms with E-state index in [9.17, 15) is 9.18 Å². The first-order valence-corrected chi connectivity index (χ1v) is 9.98. The van der Waals surface area contributed by atoms with Crippen LogP contribution in [0.3, 0.4) is 0 Å². The average Bonchev–Trinajstić information content (AvgIpc) is 3.24.